The maximum Gasteiger partial charge on any atom is 0.161 e. The van der Waals surface area contributed by atoms with E-state index < -0.39 is 0 Å². The highest BCUT2D eigenvalue weighted by molar-refractivity contribution is 5.43. The SMILES string of the molecule is CCOc1cc(CCCN(C)C)ccc1OC. The van der Waals surface area contributed by atoms with Gasteiger partial charge in [0.1, 0.15) is 0 Å². The minimum atomic E-state index is 0.664. The zero-order chi connectivity index (χ0) is 12.7. The Morgan fingerprint density at radius 2 is 1.94 bits per heavy atom. The molecule has 0 aromatic heterocycles. The van der Waals surface area contributed by atoms with Crippen LogP contribution in [0.15, 0.2) is 18.2 Å². The molecule has 1 aromatic carbocycles. The second-order valence-corrected chi connectivity index (χ2v) is 4.33. The first-order chi connectivity index (χ1) is 8.17. The van der Waals surface area contributed by atoms with E-state index in [0.29, 0.717) is 6.61 Å². The van der Waals surface area contributed by atoms with E-state index in [1.54, 1.807) is 7.11 Å². The van der Waals surface area contributed by atoms with Crippen LogP contribution in [0.2, 0.25) is 0 Å². The lowest BCUT2D eigenvalue weighted by Crippen LogP contribution is -2.13. The molecule has 3 nitrogen and oxygen atoms in total. The summed E-state index contributed by atoms with van der Waals surface area (Å²) in [4.78, 5) is 2.20. The zero-order valence-corrected chi connectivity index (χ0v) is 11.3. The number of hydrogen-bond donors (Lipinski definition) is 0. The molecule has 0 heterocycles. The Morgan fingerprint density at radius 3 is 2.53 bits per heavy atom. The molecule has 1 aromatic rings. The molecule has 96 valence electrons. The van der Waals surface area contributed by atoms with E-state index >= 15 is 0 Å². The van der Waals surface area contributed by atoms with Crippen LogP contribution in [0, 0.1) is 0 Å². The molecule has 0 aliphatic heterocycles. The van der Waals surface area contributed by atoms with Crippen molar-refractivity contribution in [2.45, 2.75) is 19.8 Å². The van der Waals surface area contributed by atoms with Crippen LogP contribution in [0.1, 0.15) is 18.9 Å². The number of ether oxygens (including phenoxy) is 2. The van der Waals surface area contributed by atoms with Gasteiger partial charge in [-0.3, -0.25) is 0 Å². The fraction of sp³-hybridized carbons (Fsp3) is 0.571. The van der Waals surface area contributed by atoms with Crippen LogP contribution in [0.25, 0.3) is 0 Å². The zero-order valence-electron chi connectivity index (χ0n) is 11.3. The molecule has 3 heteroatoms. The Morgan fingerprint density at radius 1 is 1.18 bits per heavy atom. The summed E-state index contributed by atoms with van der Waals surface area (Å²) >= 11 is 0. The molecule has 0 amide bonds. The lowest BCUT2D eigenvalue weighted by atomic mass is 10.1. The standard InChI is InChI=1S/C14H23NO2/c1-5-17-14-11-12(7-6-10-15(2)3)8-9-13(14)16-4/h8-9,11H,5-7,10H2,1-4H3. The highest BCUT2D eigenvalue weighted by Gasteiger charge is 2.05. The normalized spacial score (nSPS) is 10.6. The summed E-state index contributed by atoms with van der Waals surface area (Å²) in [5.74, 6) is 1.65. The topological polar surface area (TPSA) is 21.7 Å². The summed E-state index contributed by atoms with van der Waals surface area (Å²) in [5.41, 5.74) is 1.30. The predicted octanol–water partition coefficient (Wildman–Crippen LogP) is 2.59. The van der Waals surface area contributed by atoms with Crippen LogP contribution in [0.5, 0.6) is 11.5 Å². The van der Waals surface area contributed by atoms with E-state index in [1.165, 1.54) is 5.56 Å². The van der Waals surface area contributed by atoms with Crippen LogP contribution >= 0.6 is 0 Å². The van der Waals surface area contributed by atoms with Gasteiger partial charge in [-0.1, -0.05) is 6.07 Å². The van der Waals surface area contributed by atoms with Crippen molar-refractivity contribution in [3.8, 4) is 11.5 Å². The number of nitrogens with zero attached hydrogens (tertiary/aromatic N) is 1. The molecule has 0 N–H and O–H groups in total. The van der Waals surface area contributed by atoms with Crippen LogP contribution in [0.3, 0.4) is 0 Å². The van der Waals surface area contributed by atoms with Gasteiger partial charge >= 0.3 is 0 Å². The molecule has 0 saturated carbocycles. The Hall–Kier alpha value is -1.22. The second kappa shape index (κ2) is 7.17. The summed E-state index contributed by atoms with van der Waals surface area (Å²) in [6.45, 7) is 3.76. The first kappa shape index (κ1) is 13.8. The fourth-order valence-electron chi connectivity index (χ4n) is 1.74. The summed E-state index contributed by atoms with van der Waals surface area (Å²) in [5, 5.41) is 0. The minimum absolute atomic E-state index is 0.664. The molecule has 0 bridgehead atoms. The smallest absolute Gasteiger partial charge is 0.161 e. The van der Waals surface area contributed by atoms with Gasteiger partial charge in [0.05, 0.1) is 13.7 Å². The molecule has 1 rings (SSSR count). The monoisotopic (exact) mass is 237 g/mol. The summed E-state index contributed by atoms with van der Waals surface area (Å²) in [7, 11) is 5.86. The molecule has 0 radical (unpaired) electrons. The second-order valence-electron chi connectivity index (χ2n) is 4.33. The van der Waals surface area contributed by atoms with Gasteiger partial charge in [-0.25, -0.2) is 0 Å². The van der Waals surface area contributed by atoms with Gasteiger partial charge in [0.15, 0.2) is 11.5 Å². The largest absolute Gasteiger partial charge is 0.493 e. The first-order valence-electron chi connectivity index (χ1n) is 6.11. The van der Waals surface area contributed by atoms with Crippen LogP contribution in [-0.2, 0) is 6.42 Å². The minimum Gasteiger partial charge on any atom is -0.493 e. The highest BCUT2D eigenvalue weighted by Crippen LogP contribution is 2.28. The van der Waals surface area contributed by atoms with Gasteiger partial charge in [0, 0.05) is 0 Å². The average Bonchev–Trinajstić information content (AvgIpc) is 2.29. The van der Waals surface area contributed by atoms with Gasteiger partial charge in [0.25, 0.3) is 0 Å². The Kier molecular flexibility index (Phi) is 5.84. The van der Waals surface area contributed by atoms with E-state index in [9.17, 15) is 0 Å². The molecule has 0 fully saturated rings. The third-order valence-electron chi connectivity index (χ3n) is 2.60. The maximum absolute atomic E-state index is 5.56. The summed E-state index contributed by atoms with van der Waals surface area (Å²) in [6, 6.07) is 6.17. The molecular weight excluding hydrogens is 214 g/mol. The Bertz CT molecular complexity index is 337. The molecule has 0 aliphatic rings. The van der Waals surface area contributed by atoms with E-state index in [4.69, 9.17) is 9.47 Å². The molecule has 17 heavy (non-hydrogen) atoms. The van der Waals surface area contributed by atoms with Crippen molar-refractivity contribution in [2.75, 3.05) is 34.4 Å². The predicted molar refractivity (Wildman–Crippen MR) is 71.0 cm³/mol. The van der Waals surface area contributed by atoms with E-state index in [2.05, 4.69) is 31.1 Å². The fourth-order valence-corrected chi connectivity index (χ4v) is 1.74. The highest BCUT2D eigenvalue weighted by atomic mass is 16.5. The van der Waals surface area contributed by atoms with Crippen LogP contribution < -0.4 is 9.47 Å². The average molecular weight is 237 g/mol. The maximum atomic E-state index is 5.56. The molecule has 0 atom stereocenters. The van der Waals surface area contributed by atoms with Crippen molar-refractivity contribution in [3.63, 3.8) is 0 Å². The molecule has 0 unspecified atom stereocenters. The Balaban J connectivity index is 2.64. The van der Waals surface area contributed by atoms with Gasteiger partial charge in [-0.15, -0.1) is 0 Å². The third kappa shape index (κ3) is 4.65. The molecule has 0 spiro atoms. The quantitative estimate of drug-likeness (QED) is 0.727. The van der Waals surface area contributed by atoms with Gasteiger partial charge in [-0.05, 0) is 58.1 Å². The third-order valence-corrected chi connectivity index (χ3v) is 2.60. The summed E-state index contributed by atoms with van der Waals surface area (Å²) in [6.07, 6.45) is 2.23. The lowest BCUT2D eigenvalue weighted by Gasteiger charge is -2.12. The molecule has 0 saturated heterocycles. The Labute approximate surface area is 104 Å². The first-order valence-corrected chi connectivity index (χ1v) is 6.11. The van der Waals surface area contributed by atoms with E-state index in [0.717, 1.165) is 30.9 Å². The van der Waals surface area contributed by atoms with E-state index in [-0.39, 0.29) is 0 Å². The van der Waals surface area contributed by atoms with Crippen molar-refractivity contribution >= 4 is 0 Å². The lowest BCUT2D eigenvalue weighted by molar-refractivity contribution is 0.310. The number of hydrogen-bond acceptors (Lipinski definition) is 3. The van der Waals surface area contributed by atoms with E-state index in [1.807, 2.05) is 13.0 Å². The number of benzene rings is 1. The molecular formula is C14H23NO2. The van der Waals surface area contributed by atoms with Gasteiger partial charge in [-0.2, -0.15) is 0 Å². The number of aryl methyl sites for hydroxylation is 1. The van der Waals surface area contributed by atoms with Crippen molar-refractivity contribution < 1.29 is 9.47 Å². The number of rotatable bonds is 7. The van der Waals surface area contributed by atoms with Crippen molar-refractivity contribution in [2.24, 2.45) is 0 Å². The van der Waals surface area contributed by atoms with Gasteiger partial charge in [0.2, 0.25) is 0 Å². The molecule has 0 aliphatic carbocycles. The van der Waals surface area contributed by atoms with Crippen molar-refractivity contribution in [1.29, 1.82) is 0 Å². The van der Waals surface area contributed by atoms with Crippen molar-refractivity contribution in [3.05, 3.63) is 23.8 Å². The number of methoxy groups -OCH3 is 1. The van der Waals surface area contributed by atoms with Crippen LogP contribution in [0.4, 0.5) is 0 Å². The van der Waals surface area contributed by atoms with Crippen molar-refractivity contribution in [1.82, 2.24) is 4.90 Å². The summed E-state index contributed by atoms with van der Waals surface area (Å²) < 4.78 is 10.8. The van der Waals surface area contributed by atoms with Gasteiger partial charge < -0.3 is 14.4 Å². The van der Waals surface area contributed by atoms with Crippen LogP contribution in [-0.4, -0.2) is 39.3 Å².